The second-order valence-corrected chi connectivity index (χ2v) is 6.12. The van der Waals surface area contributed by atoms with Gasteiger partial charge in [0.1, 0.15) is 5.60 Å². The molecule has 1 atom stereocenters. The van der Waals surface area contributed by atoms with Crippen LogP contribution in [-0.2, 0) is 12.0 Å². The first-order valence-electron chi connectivity index (χ1n) is 6.92. The largest absolute Gasteiger partial charge is 0.380 e. The van der Waals surface area contributed by atoms with Gasteiger partial charge < -0.3 is 5.11 Å². The number of benzene rings is 2. The molecule has 1 nitrogen and oxygen atoms in total. The highest BCUT2D eigenvalue weighted by molar-refractivity contribution is 5.45. The van der Waals surface area contributed by atoms with Crippen LogP contribution in [0.2, 0.25) is 0 Å². The van der Waals surface area contributed by atoms with Gasteiger partial charge in [0.05, 0.1) is 0 Å². The van der Waals surface area contributed by atoms with Crippen LogP contribution in [0, 0.1) is 5.41 Å². The van der Waals surface area contributed by atoms with E-state index in [1.807, 2.05) is 36.4 Å². The maximum Gasteiger partial charge on any atom is 0.120 e. The quantitative estimate of drug-likeness (QED) is 0.816. The summed E-state index contributed by atoms with van der Waals surface area (Å²) in [6.07, 6.45) is 2.04. The number of aliphatic hydroxyl groups is 1. The molecule has 3 rings (SSSR count). The van der Waals surface area contributed by atoms with Gasteiger partial charge >= 0.3 is 0 Å². The summed E-state index contributed by atoms with van der Waals surface area (Å²) in [7, 11) is 0. The van der Waals surface area contributed by atoms with E-state index in [-0.39, 0.29) is 5.41 Å². The molecule has 2 aromatic carbocycles. The molecule has 2 aromatic rings. The molecule has 0 saturated heterocycles. The third-order valence-electron chi connectivity index (χ3n) is 4.60. The van der Waals surface area contributed by atoms with Crippen LogP contribution in [0.4, 0.5) is 0 Å². The molecule has 1 unspecified atom stereocenters. The summed E-state index contributed by atoms with van der Waals surface area (Å²) in [5, 5.41) is 11.5. The first-order valence-corrected chi connectivity index (χ1v) is 6.92. The van der Waals surface area contributed by atoms with Crippen LogP contribution in [0.25, 0.3) is 0 Å². The minimum absolute atomic E-state index is 0.164. The normalized spacial score (nSPS) is 24.8. The second-order valence-electron chi connectivity index (χ2n) is 6.12. The Balaban J connectivity index is 2.27. The van der Waals surface area contributed by atoms with Gasteiger partial charge in [0, 0.05) is 5.41 Å². The van der Waals surface area contributed by atoms with E-state index in [2.05, 4.69) is 32.0 Å². The topological polar surface area (TPSA) is 20.2 Å². The summed E-state index contributed by atoms with van der Waals surface area (Å²) in [5.41, 5.74) is 2.27. The molecule has 0 spiro atoms. The molecule has 0 saturated carbocycles. The third-order valence-corrected chi connectivity index (χ3v) is 4.60. The lowest BCUT2D eigenvalue weighted by Crippen LogP contribution is -2.46. The SMILES string of the molecule is CC1(C)CCc2ccccc2C1(O)c1ccccc1. The first kappa shape index (κ1) is 12.4. The van der Waals surface area contributed by atoms with Crippen molar-refractivity contribution in [1.29, 1.82) is 0 Å². The zero-order valence-corrected chi connectivity index (χ0v) is 11.6. The maximum atomic E-state index is 11.5. The summed E-state index contributed by atoms with van der Waals surface area (Å²) in [4.78, 5) is 0. The van der Waals surface area contributed by atoms with Crippen LogP contribution in [-0.4, -0.2) is 5.11 Å². The molecule has 0 heterocycles. The summed E-state index contributed by atoms with van der Waals surface area (Å²) >= 11 is 0. The summed E-state index contributed by atoms with van der Waals surface area (Å²) in [5.74, 6) is 0. The molecule has 98 valence electrons. The zero-order chi connectivity index (χ0) is 13.5. The number of aryl methyl sites for hydroxylation is 1. The van der Waals surface area contributed by atoms with Crippen molar-refractivity contribution in [3.8, 4) is 0 Å². The third kappa shape index (κ3) is 1.73. The average molecular weight is 252 g/mol. The van der Waals surface area contributed by atoms with Crippen molar-refractivity contribution in [2.45, 2.75) is 32.3 Å². The molecule has 1 heteroatoms. The van der Waals surface area contributed by atoms with E-state index < -0.39 is 5.60 Å². The molecule has 0 fully saturated rings. The number of rotatable bonds is 1. The lowest BCUT2D eigenvalue weighted by atomic mass is 9.60. The van der Waals surface area contributed by atoms with Crippen molar-refractivity contribution >= 4 is 0 Å². The van der Waals surface area contributed by atoms with Crippen LogP contribution in [0.1, 0.15) is 37.0 Å². The van der Waals surface area contributed by atoms with Gasteiger partial charge in [0.25, 0.3) is 0 Å². The van der Waals surface area contributed by atoms with Crippen LogP contribution in [0.15, 0.2) is 54.6 Å². The van der Waals surface area contributed by atoms with E-state index in [0.717, 1.165) is 24.0 Å². The fourth-order valence-corrected chi connectivity index (χ4v) is 3.31. The molecule has 19 heavy (non-hydrogen) atoms. The highest BCUT2D eigenvalue weighted by Gasteiger charge is 2.49. The second kappa shape index (κ2) is 4.21. The Labute approximate surface area is 114 Å². The van der Waals surface area contributed by atoms with E-state index in [1.165, 1.54) is 5.56 Å². The van der Waals surface area contributed by atoms with Gasteiger partial charge in [-0.25, -0.2) is 0 Å². The van der Waals surface area contributed by atoms with Gasteiger partial charge in [-0.1, -0.05) is 68.4 Å². The van der Waals surface area contributed by atoms with Crippen molar-refractivity contribution in [1.82, 2.24) is 0 Å². The van der Waals surface area contributed by atoms with Crippen LogP contribution >= 0.6 is 0 Å². The fraction of sp³-hybridized carbons (Fsp3) is 0.333. The van der Waals surface area contributed by atoms with Gasteiger partial charge in [-0.05, 0) is 29.5 Å². The number of hydrogen-bond donors (Lipinski definition) is 1. The number of hydrogen-bond acceptors (Lipinski definition) is 1. The van der Waals surface area contributed by atoms with Crippen molar-refractivity contribution in [2.75, 3.05) is 0 Å². The van der Waals surface area contributed by atoms with Gasteiger partial charge in [-0.3, -0.25) is 0 Å². The Morgan fingerprint density at radius 2 is 1.53 bits per heavy atom. The van der Waals surface area contributed by atoms with Gasteiger partial charge in [-0.15, -0.1) is 0 Å². The van der Waals surface area contributed by atoms with Crippen LogP contribution in [0.5, 0.6) is 0 Å². The Morgan fingerprint density at radius 1 is 0.895 bits per heavy atom. The Kier molecular flexibility index (Phi) is 2.75. The predicted octanol–water partition coefficient (Wildman–Crippen LogP) is 3.89. The average Bonchev–Trinajstić information content (AvgIpc) is 2.44. The Hall–Kier alpha value is -1.60. The monoisotopic (exact) mass is 252 g/mol. The van der Waals surface area contributed by atoms with E-state index >= 15 is 0 Å². The molecule has 1 N–H and O–H groups in total. The standard InChI is InChI=1S/C18H20O/c1-17(2)13-12-14-8-6-7-11-16(14)18(17,19)15-9-4-3-5-10-15/h3-11,19H,12-13H2,1-2H3. The molecule has 0 bridgehead atoms. The van der Waals surface area contributed by atoms with Crippen LogP contribution in [0.3, 0.4) is 0 Å². The Morgan fingerprint density at radius 3 is 2.26 bits per heavy atom. The molecule has 0 radical (unpaired) electrons. The fourth-order valence-electron chi connectivity index (χ4n) is 3.31. The molecule has 1 aliphatic rings. The Bertz CT molecular complexity index is 586. The van der Waals surface area contributed by atoms with Gasteiger partial charge in [-0.2, -0.15) is 0 Å². The van der Waals surface area contributed by atoms with E-state index in [9.17, 15) is 5.11 Å². The minimum atomic E-state index is -0.900. The molecular weight excluding hydrogens is 232 g/mol. The molecular formula is C18H20O. The van der Waals surface area contributed by atoms with Gasteiger partial charge in [0.15, 0.2) is 0 Å². The first-order chi connectivity index (χ1) is 9.06. The summed E-state index contributed by atoms with van der Waals surface area (Å²) < 4.78 is 0. The highest BCUT2D eigenvalue weighted by Crippen LogP contribution is 2.51. The van der Waals surface area contributed by atoms with Crippen molar-refractivity contribution in [2.24, 2.45) is 5.41 Å². The smallest absolute Gasteiger partial charge is 0.120 e. The van der Waals surface area contributed by atoms with Crippen molar-refractivity contribution < 1.29 is 5.11 Å². The minimum Gasteiger partial charge on any atom is -0.380 e. The zero-order valence-electron chi connectivity index (χ0n) is 11.6. The predicted molar refractivity (Wildman–Crippen MR) is 78.0 cm³/mol. The van der Waals surface area contributed by atoms with Crippen LogP contribution < -0.4 is 0 Å². The molecule has 1 aliphatic carbocycles. The lowest BCUT2D eigenvalue weighted by molar-refractivity contribution is -0.0495. The molecule has 0 aliphatic heterocycles. The van der Waals surface area contributed by atoms with E-state index in [4.69, 9.17) is 0 Å². The lowest BCUT2D eigenvalue weighted by Gasteiger charge is -2.48. The molecule has 0 aromatic heterocycles. The van der Waals surface area contributed by atoms with Crippen molar-refractivity contribution in [3.63, 3.8) is 0 Å². The van der Waals surface area contributed by atoms with Gasteiger partial charge in [0.2, 0.25) is 0 Å². The summed E-state index contributed by atoms with van der Waals surface area (Å²) in [6, 6.07) is 18.3. The summed E-state index contributed by atoms with van der Waals surface area (Å²) in [6.45, 7) is 4.33. The highest BCUT2D eigenvalue weighted by atomic mass is 16.3. The maximum absolute atomic E-state index is 11.5. The van der Waals surface area contributed by atoms with E-state index in [1.54, 1.807) is 0 Å². The molecule has 0 amide bonds. The van der Waals surface area contributed by atoms with Crippen molar-refractivity contribution in [3.05, 3.63) is 71.3 Å². The van der Waals surface area contributed by atoms with E-state index in [0.29, 0.717) is 0 Å². The number of fused-ring (bicyclic) bond motifs is 1.